The second-order valence-electron chi connectivity index (χ2n) is 8.93. The molecule has 0 aromatic heterocycles. The van der Waals surface area contributed by atoms with Crippen LogP contribution in [0.1, 0.15) is 82.6 Å². The molecular formula is C29H38O3. The highest BCUT2D eigenvalue weighted by Crippen LogP contribution is 2.38. The Kier molecular flexibility index (Phi) is 9.31. The van der Waals surface area contributed by atoms with E-state index in [2.05, 4.69) is 39.8 Å². The fourth-order valence-corrected chi connectivity index (χ4v) is 4.52. The van der Waals surface area contributed by atoms with Crippen molar-refractivity contribution in [1.29, 1.82) is 0 Å². The van der Waals surface area contributed by atoms with E-state index < -0.39 is 5.97 Å². The molecule has 0 spiro atoms. The zero-order chi connectivity index (χ0) is 23.8. The molecule has 0 aliphatic heterocycles. The van der Waals surface area contributed by atoms with Gasteiger partial charge in [-0.25, -0.2) is 4.79 Å². The summed E-state index contributed by atoms with van der Waals surface area (Å²) in [7, 11) is 0. The second kappa shape index (κ2) is 11.7. The maximum atomic E-state index is 11.1. The molecule has 0 aliphatic rings. The highest BCUT2D eigenvalue weighted by atomic mass is 16.4. The molecule has 0 bridgehead atoms. The Labute approximate surface area is 193 Å². The van der Waals surface area contributed by atoms with Gasteiger partial charge in [0.2, 0.25) is 0 Å². The van der Waals surface area contributed by atoms with Crippen LogP contribution in [0, 0.1) is 11.8 Å². The molecule has 0 aliphatic carbocycles. The van der Waals surface area contributed by atoms with E-state index in [0.29, 0.717) is 23.5 Å². The van der Waals surface area contributed by atoms with E-state index in [9.17, 15) is 9.90 Å². The number of carboxylic acid groups (broad SMARTS) is 1. The van der Waals surface area contributed by atoms with Crippen molar-refractivity contribution in [3.63, 3.8) is 0 Å². The average Bonchev–Trinajstić information content (AvgIpc) is 2.78. The minimum Gasteiger partial charge on any atom is -0.508 e. The first-order valence-corrected chi connectivity index (χ1v) is 11.9. The predicted octanol–water partition coefficient (Wildman–Crippen LogP) is 8.50. The monoisotopic (exact) mass is 434 g/mol. The largest absolute Gasteiger partial charge is 0.508 e. The minimum absolute atomic E-state index is 0.285. The van der Waals surface area contributed by atoms with Gasteiger partial charge in [-0.05, 0) is 94.8 Å². The Hall–Kier alpha value is -2.81. The van der Waals surface area contributed by atoms with Crippen LogP contribution in [0.15, 0.2) is 54.6 Å². The fourth-order valence-electron chi connectivity index (χ4n) is 4.52. The van der Waals surface area contributed by atoms with Crippen LogP contribution in [-0.4, -0.2) is 16.2 Å². The van der Waals surface area contributed by atoms with Crippen LogP contribution in [0.3, 0.4) is 0 Å². The van der Waals surface area contributed by atoms with E-state index in [-0.39, 0.29) is 5.56 Å². The molecule has 2 N–H and O–H groups in total. The molecule has 0 radical (unpaired) electrons. The lowest BCUT2D eigenvalue weighted by atomic mass is 9.83. The second-order valence-corrected chi connectivity index (χ2v) is 8.93. The van der Waals surface area contributed by atoms with Crippen molar-refractivity contribution in [2.24, 2.45) is 11.8 Å². The molecule has 32 heavy (non-hydrogen) atoms. The first-order valence-electron chi connectivity index (χ1n) is 11.9. The predicted molar refractivity (Wildman–Crippen MR) is 136 cm³/mol. The van der Waals surface area contributed by atoms with Gasteiger partial charge in [-0.15, -0.1) is 0 Å². The van der Waals surface area contributed by atoms with Crippen LogP contribution < -0.4 is 0 Å². The number of hydrogen-bond donors (Lipinski definition) is 2. The van der Waals surface area contributed by atoms with Gasteiger partial charge in [-0.1, -0.05) is 65.8 Å². The van der Waals surface area contributed by atoms with Gasteiger partial charge >= 0.3 is 5.97 Å². The third-order valence-corrected chi connectivity index (χ3v) is 5.94. The van der Waals surface area contributed by atoms with Crippen LogP contribution in [0.25, 0.3) is 21.9 Å². The third-order valence-electron chi connectivity index (χ3n) is 5.94. The number of phenols is 1. The van der Waals surface area contributed by atoms with Crippen molar-refractivity contribution in [3.05, 3.63) is 65.7 Å². The Morgan fingerprint density at radius 2 is 1.47 bits per heavy atom. The third kappa shape index (κ3) is 6.35. The molecule has 172 valence electrons. The maximum absolute atomic E-state index is 11.1. The number of carboxylic acids is 1. The van der Waals surface area contributed by atoms with Gasteiger partial charge in [-0.2, -0.15) is 0 Å². The van der Waals surface area contributed by atoms with Crippen LogP contribution in [0.4, 0.5) is 0 Å². The number of carbonyl (C=O) groups is 1. The zero-order valence-electron chi connectivity index (χ0n) is 20.4. The van der Waals surface area contributed by atoms with Crippen molar-refractivity contribution in [2.45, 2.75) is 66.7 Å². The molecule has 3 aromatic rings. The molecule has 3 rings (SSSR count). The summed E-state index contributed by atoms with van der Waals surface area (Å²) >= 11 is 0. The summed E-state index contributed by atoms with van der Waals surface area (Å²) in [5, 5.41) is 21.9. The molecule has 0 fully saturated rings. The fraction of sp³-hybridized carbons (Fsp3) is 0.414. The summed E-state index contributed by atoms with van der Waals surface area (Å²) < 4.78 is 0. The van der Waals surface area contributed by atoms with Crippen LogP contribution in [-0.2, 0) is 0 Å². The SMILES string of the molecule is CC.CCC(CC(C)CC(C)C)c1cc2cc(-c3ccc(C(=O)O)cc3)ccc2cc1O. The minimum atomic E-state index is -0.919. The molecular weight excluding hydrogens is 396 g/mol. The standard InChI is InChI=1S/C27H32O3.C2H6/c1-5-19(13-18(4)12-17(2)3)25-15-24-14-22(10-11-23(24)16-26(25)28)20-6-8-21(9-7-20)27(29)30;1-2/h6-11,14-19,28H,5,12-13H2,1-4H3,(H,29,30);1-2H3. The summed E-state index contributed by atoms with van der Waals surface area (Å²) in [4.78, 5) is 11.1. The average molecular weight is 435 g/mol. The van der Waals surface area contributed by atoms with E-state index in [1.807, 2.05) is 44.2 Å². The maximum Gasteiger partial charge on any atom is 0.335 e. The first-order chi connectivity index (χ1) is 15.3. The van der Waals surface area contributed by atoms with Gasteiger partial charge in [-0.3, -0.25) is 0 Å². The van der Waals surface area contributed by atoms with Crippen LogP contribution in [0.5, 0.6) is 5.75 Å². The molecule has 3 aromatic carbocycles. The number of rotatable bonds is 8. The molecule has 2 atom stereocenters. The molecule has 3 nitrogen and oxygen atoms in total. The smallest absolute Gasteiger partial charge is 0.335 e. The lowest BCUT2D eigenvalue weighted by molar-refractivity contribution is 0.0697. The van der Waals surface area contributed by atoms with Gasteiger partial charge in [0.1, 0.15) is 5.75 Å². The van der Waals surface area contributed by atoms with Gasteiger partial charge in [0.25, 0.3) is 0 Å². The summed E-state index contributed by atoms with van der Waals surface area (Å²) in [6.07, 6.45) is 3.27. The van der Waals surface area contributed by atoms with E-state index >= 15 is 0 Å². The summed E-state index contributed by atoms with van der Waals surface area (Å²) in [5.74, 6) is 1.09. The van der Waals surface area contributed by atoms with Crippen molar-refractivity contribution in [2.75, 3.05) is 0 Å². The molecule has 0 saturated heterocycles. The van der Waals surface area contributed by atoms with Crippen molar-refractivity contribution < 1.29 is 15.0 Å². The molecule has 2 unspecified atom stereocenters. The quantitative estimate of drug-likeness (QED) is 0.373. The molecule has 0 heterocycles. The highest BCUT2D eigenvalue weighted by Gasteiger charge is 2.18. The van der Waals surface area contributed by atoms with Crippen molar-refractivity contribution in [1.82, 2.24) is 0 Å². The van der Waals surface area contributed by atoms with E-state index in [4.69, 9.17) is 5.11 Å². The van der Waals surface area contributed by atoms with E-state index in [1.54, 1.807) is 12.1 Å². The number of aromatic carboxylic acids is 1. The molecule has 3 heteroatoms. The Morgan fingerprint density at radius 1 is 0.844 bits per heavy atom. The lowest BCUT2D eigenvalue weighted by Crippen LogP contribution is -2.07. The van der Waals surface area contributed by atoms with Gasteiger partial charge in [0.05, 0.1) is 5.56 Å². The lowest BCUT2D eigenvalue weighted by Gasteiger charge is -2.23. The topological polar surface area (TPSA) is 57.5 Å². The first kappa shape index (κ1) is 25.5. The Balaban J connectivity index is 0.00000176. The van der Waals surface area contributed by atoms with Crippen molar-refractivity contribution in [3.8, 4) is 16.9 Å². The number of phenolic OH excluding ortho intramolecular Hbond substituents is 1. The zero-order valence-corrected chi connectivity index (χ0v) is 20.4. The number of fused-ring (bicyclic) bond motifs is 1. The van der Waals surface area contributed by atoms with E-state index in [0.717, 1.165) is 40.3 Å². The Morgan fingerprint density at radius 3 is 2.03 bits per heavy atom. The molecule has 0 saturated carbocycles. The van der Waals surface area contributed by atoms with Gasteiger partial charge in [0, 0.05) is 0 Å². The number of hydrogen-bond acceptors (Lipinski definition) is 2. The summed E-state index contributed by atoms with van der Waals surface area (Å²) in [6.45, 7) is 13.0. The Bertz CT molecular complexity index is 1020. The number of benzene rings is 3. The van der Waals surface area contributed by atoms with Crippen LogP contribution >= 0.6 is 0 Å². The van der Waals surface area contributed by atoms with Crippen molar-refractivity contribution >= 4 is 16.7 Å². The summed E-state index contributed by atoms with van der Waals surface area (Å²) in [5.41, 5.74) is 3.33. The summed E-state index contributed by atoms with van der Waals surface area (Å²) in [6, 6.07) is 17.1. The van der Waals surface area contributed by atoms with Crippen LogP contribution in [0.2, 0.25) is 0 Å². The van der Waals surface area contributed by atoms with Gasteiger partial charge < -0.3 is 10.2 Å². The van der Waals surface area contributed by atoms with Gasteiger partial charge in [0.15, 0.2) is 0 Å². The normalized spacial score (nSPS) is 12.8. The number of aromatic hydroxyl groups is 1. The highest BCUT2D eigenvalue weighted by molar-refractivity contribution is 5.91. The molecule has 0 amide bonds. The van der Waals surface area contributed by atoms with E-state index in [1.165, 1.54) is 6.42 Å².